The van der Waals surface area contributed by atoms with E-state index in [-0.39, 0.29) is 6.54 Å². The quantitative estimate of drug-likeness (QED) is 0.652. The second-order valence-corrected chi connectivity index (χ2v) is 4.85. The molecule has 24 heavy (non-hydrogen) atoms. The van der Waals surface area contributed by atoms with Crippen LogP contribution in [0.2, 0.25) is 0 Å². The lowest BCUT2D eigenvalue weighted by Gasteiger charge is -2.19. The van der Waals surface area contributed by atoms with Crippen LogP contribution in [0.1, 0.15) is 10.4 Å². The molecule has 0 aliphatic heterocycles. The minimum atomic E-state index is -0.599. The third kappa shape index (κ3) is 4.11. The summed E-state index contributed by atoms with van der Waals surface area (Å²) >= 11 is 0. The summed E-state index contributed by atoms with van der Waals surface area (Å²) < 4.78 is 5.10. The molecule has 0 spiro atoms. The van der Waals surface area contributed by atoms with E-state index in [4.69, 9.17) is 10.00 Å². The van der Waals surface area contributed by atoms with Crippen molar-refractivity contribution in [3.05, 3.63) is 60.2 Å². The van der Waals surface area contributed by atoms with E-state index in [1.165, 1.54) is 4.90 Å². The Bertz CT molecular complexity index is 754. The maximum atomic E-state index is 12.3. The lowest BCUT2D eigenvalue weighted by atomic mass is 10.2. The molecule has 1 N–H and O–H groups in total. The zero-order chi connectivity index (χ0) is 17.4. The maximum absolute atomic E-state index is 12.3. The molecule has 0 atom stereocenters. The second-order valence-electron chi connectivity index (χ2n) is 4.85. The highest BCUT2D eigenvalue weighted by atomic mass is 16.5. The molecule has 0 radical (unpaired) electrons. The fourth-order valence-corrected chi connectivity index (χ4v) is 2.16. The van der Waals surface area contributed by atoms with Gasteiger partial charge >= 0.3 is 5.97 Å². The van der Waals surface area contributed by atoms with Gasteiger partial charge in [-0.15, -0.1) is 0 Å². The van der Waals surface area contributed by atoms with Crippen molar-refractivity contribution in [3.8, 4) is 6.07 Å². The van der Waals surface area contributed by atoms with Gasteiger partial charge in [0, 0.05) is 18.4 Å². The van der Waals surface area contributed by atoms with E-state index in [1.807, 2.05) is 12.1 Å². The average Bonchev–Trinajstić information content (AvgIpc) is 2.64. The molecule has 0 saturated carbocycles. The van der Waals surface area contributed by atoms with Gasteiger partial charge in [0.25, 0.3) is 5.91 Å². The number of carbonyl (C=O) groups is 2. The van der Waals surface area contributed by atoms with Crippen LogP contribution in [0.4, 0.5) is 11.4 Å². The molecule has 0 aliphatic rings. The molecular formula is C18H17N3O3. The number of anilines is 2. The number of nitrogens with zero attached hydrogens (tertiary/aromatic N) is 2. The van der Waals surface area contributed by atoms with Gasteiger partial charge in [-0.25, -0.2) is 4.79 Å². The van der Waals surface area contributed by atoms with Crippen LogP contribution in [-0.2, 0) is 9.53 Å². The first-order valence-electron chi connectivity index (χ1n) is 7.33. The number of hydrogen-bond acceptors (Lipinski definition) is 5. The molecule has 6 heteroatoms. The Hall–Kier alpha value is -3.33. The van der Waals surface area contributed by atoms with Crippen molar-refractivity contribution in [1.82, 2.24) is 0 Å². The number of para-hydroxylation sites is 2. The number of nitrogens with one attached hydrogen (secondary N) is 1. The van der Waals surface area contributed by atoms with Gasteiger partial charge in [0.1, 0.15) is 6.54 Å². The van der Waals surface area contributed by atoms with Crippen molar-refractivity contribution in [3.63, 3.8) is 0 Å². The van der Waals surface area contributed by atoms with Crippen LogP contribution in [-0.4, -0.2) is 32.1 Å². The van der Waals surface area contributed by atoms with Gasteiger partial charge in [-0.3, -0.25) is 9.69 Å². The summed E-state index contributed by atoms with van der Waals surface area (Å²) in [5.41, 5.74) is 1.54. The van der Waals surface area contributed by atoms with Gasteiger partial charge in [-0.2, -0.15) is 5.26 Å². The van der Waals surface area contributed by atoms with Crippen LogP contribution in [0.5, 0.6) is 0 Å². The summed E-state index contributed by atoms with van der Waals surface area (Å²) in [5, 5.41) is 11.8. The van der Waals surface area contributed by atoms with Crippen LogP contribution in [0, 0.1) is 11.3 Å². The standard InChI is InChI=1S/C18H17N3O3/c1-20-16-10-6-5-9-15(16)18(23)24-13-17(22)21(12-11-19)14-7-3-2-4-8-14/h2-10,20H,12-13H2,1H3. The molecule has 122 valence electrons. The summed E-state index contributed by atoms with van der Waals surface area (Å²) in [6.07, 6.45) is 0. The number of nitriles is 1. The number of esters is 1. The Morgan fingerprint density at radius 3 is 2.46 bits per heavy atom. The van der Waals surface area contributed by atoms with E-state index in [1.54, 1.807) is 55.6 Å². The Labute approximate surface area is 140 Å². The van der Waals surface area contributed by atoms with Crippen LogP contribution >= 0.6 is 0 Å². The molecule has 0 aromatic heterocycles. The molecule has 2 aromatic carbocycles. The van der Waals surface area contributed by atoms with Crippen molar-refractivity contribution in [1.29, 1.82) is 5.26 Å². The van der Waals surface area contributed by atoms with E-state index >= 15 is 0 Å². The first-order valence-corrected chi connectivity index (χ1v) is 7.33. The van der Waals surface area contributed by atoms with E-state index in [0.717, 1.165) is 0 Å². The van der Waals surface area contributed by atoms with Crippen LogP contribution in [0.15, 0.2) is 54.6 Å². The molecule has 6 nitrogen and oxygen atoms in total. The Balaban J connectivity index is 2.05. The van der Waals surface area contributed by atoms with Crippen LogP contribution in [0.25, 0.3) is 0 Å². The SMILES string of the molecule is CNc1ccccc1C(=O)OCC(=O)N(CC#N)c1ccccc1. The van der Waals surface area contributed by atoms with E-state index < -0.39 is 18.5 Å². The second kappa shape index (κ2) is 8.34. The fraction of sp³-hybridized carbons (Fsp3) is 0.167. The molecule has 0 aliphatic carbocycles. The molecule has 0 heterocycles. The molecule has 0 saturated heterocycles. The average molecular weight is 323 g/mol. The van der Waals surface area contributed by atoms with E-state index in [9.17, 15) is 9.59 Å². The van der Waals surface area contributed by atoms with Crippen molar-refractivity contribution in [2.45, 2.75) is 0 Å². The van der Waals surface area contributed by atoms with Gasteiger partial charge in [0.05, 0.1) is 11.6 Å². The van der Waals surface area contributed by atoms with Gasteiger partial charge in [-0.05, 0) is 24.3 Å². The number of rotatable bonds is 6. The van der Waals surface area contributed by atoms with Gasteiger partial charge < -0.3 is 10.1 Å². The number of carbonyl (C=O) groups excluding carboxylic acids is 2. The zero-order valence-corrected chi connectivity index (χ0v) is 13.2. The Morgan fingerprint density at radius 1 is 1.12 bits per heavy atom. The fourth-order valence-electron chi connectivity index (χ4n) is 2.16. The van der Waals surface area contributed by atoms with Crippen molar-refractivity contribution in [2.75, 3.05) is 30.4 Å². The summed E-state index contributed by atoms with van der Waals surface area (Å²) in [6, 6.07) is 17.6. The Morgan fingerprint density at radius 2 is 1.79 bits per heavy atom. The highest BCUT2D eigenvalue weighted by Gasteiger charge is 2.19. The number of amides is 1. The predicted octanol–water partition coefficient (Wildman–Crippen LogP) is 2.44. The third-order valence-corrected chi connectivity index (χ3v) is 3.34. The molecule has 2 rings (SSSR count). The van der Waals surface area contributed by atoms with Crippen LogP contribution in [0.3, 0.4) is 0 Å². The minimum Gasteiger partial charge on any atom is -0.452 e. The van der Waals surface area contributed by atoms with E-state index in [0.29, 0.717) is 16.9 Å². The summed E-state index contributed by atoms with van der Waals surface area (Å²) in [5.74, 6) is -1.06. The van der Waals surface area contributed by atoms with Crippen molar-refractivity contribution in [2.24, 2.45) is 0 Å². The molecule has 0 unspecified atom stereocenters. The minimum absolute atomic E-state index is 0.118. The number of ether oxygens (including phenoxy) is 1. The lowest BCUT2D eigenvalue weighted by Crippen LogP contribution is -2.35. The maximum Gasteiger partial charge on any atom is 0.340 e. The zero-order valence-electron chi connectivity index (χ0n) is 13.2. The summed E-state index contributed by atoms with van der Waals surface area (Å²) in [4.78, 5) is 25.7. The predicted molar refractivity (Wildman–Crippen MR) is 90.7 cm³/mol. The van der Waals surface area contributed by atoms with E-state index in [2.05, 4.69) is 5.32 Å². The molecular weight excluding hydrogens is 306 g/mol. The topological polar surface area (TPSA) is 82.4 Å². The molecule has 1 amide bonds. The highest BCUT2D eigenvalue weighted by molar-refractivity contribution is 5.99. The van der Waals surface area contributed by atoms with Crippen LogP contribution < -0.4 is 10.2 Å². The van der Waals surface area contributed by atoms with Crippen molar-refractivity contribution < 1.29 is 14.3 Å². The monoisotopic (exact) mass is 323 g/mol. The van der Waals surface area contributed by atoms with Gasteiger partial charge in [0.15, 0.2) is 6.61 Å². The largest absolute Gasteiger partial charge is 0.452 e. The molecule has 0 bridgehead atoms. The number of hydrogen-bond donors (Lipinski definition) is 1. The number of benzene rings is 2. The molecule has 2 aromatic rings. The summed E-state index contributed by atoms with van der Waals surface area (Å²) in [7, 11) is 1.70. The lowest BCUT2D eigenvalue weighted by molar-refractivity contribution is -0.121. The normalized spacial score (nSPS) is 9.67. The Kier molecular flexibility index (Phi) is 5.92. The molecule has 0 fully saturated rings. The smallest absolute Gasteiger partial charge is 0.340 e. The highest BCUT2D eigenvalue weighted by Crippen LogP contribution is 2.16. The first-order chi connectivity index (χ1) is 11.7. The van der Waals surface area contributed by atoms with Gasteiger partial charge in [-0.1, -0.05) is 30.3 Å². The first kappa shape index (κ1) is 17.0. The summed E-state index contributed by atoms with van der Waals surface area (Å²) in [6.45, 7) is -0.555. The van der Waals surface area contributed by atoms with Gasteiger partial charge in [0.2, 0.25) is 0 Å². The third-order valence-electron chi connectivity index (χ3n) is 3.34. The van der Waals surface area contributed by atoms with Crippen molar-refractivity contribution >= 4 is 23.3 Å².